The van der Waals surface area contributed by atoms with Gasteiger partial charge in [-0.25, -0.2) is 0 Å². The largest absolute Gasteiger partial charge is 0.534 e. The fourth-order valence-corrected chi connectivity index (χ4v) is 1.91. The number of nitrogens with zero attached hydrogens (tertiary/aromatic N) is 1. The van der Waals surface area contributed by atoms with E-state index in [2.05, 4.69) is 9.17 Å². The van der Waals surface area contributed by atoms with Crippen LogP contribution in [0.5, 0.6) is 5.75 Å². The van der Waals surface area contributed by atoms with Crippen LogP contribution < -0.4 is 4.18 Å². The predicted octanol–water partition coefficient (Wildman–Crippen LogP) is 2.98. The summed E-state index contributed by atoms with van der Waals surface area (Å²) < 4.78 is 63.2. The summed E-state index contributed by atoms with van der Waals surface area (Å²) in [4.78, 5) is 3.95. The van der Waals surface area contributed by atoms with Gasteiger partial charge in [0.1, 0.15) is 0 Å². The number of hydrogen-bond acceptors (Lipinski definition) is 4. The summed E-state index contributed by atoms with van der Waals surface area (Å²) in [5, 5.41) is 0. The molecule has 1 aromatic carbocycles. The van der Waals surface area contributed by atoms with Gasteiger partial charge in [-0.15, -0.1) is 0 Å². The molecular formula is C12H8F3NO3S. The van der Waals surface area contributed by atoms with Crippen molar-refractivity contribution in [1.29, 1.82) is 0 Å². The lowest BCUT2D eigenvalue weighted by atomic mass is 10.1. The number of benzene rings is 1. The Kier molecular flexibility index (Phi) is 3.67. The van der Waals surface area contributed by atoms with E-state index in [1.807, 2.05) is 0 Å². The lowest BCUT2D eigenvalue weighted by Crippen LogP contribution is -2.28. The summed E-state index contributed by atoms with van der Waals surface area (Å²) in [5.41, 5.74) is -5.02. The van der Waals surface area contributed by atoms with Gasteiger partial charge in [0.2, 0.25) is 0 Å². The smallest absolute Gasteiger partial charge is 0.375 e. The van der Waals surface area contributed by atoms with E-state index in [1.165, 1.54) is 30.5 Å². The van der Waals surface area contributed by atoms with E-state index in [4.69, 9.17) is 0 Å². The Morgan fingerprint density at radius 2 is 1.65 bits per heavy atom. The number of halogens is 3. The van der Waals surface area contributed by atoms with Crippen LogP contribution in [0.1, 0.15) is 0 Å². The Labute approximate surface area is 113 Å². The zero-order valence-electron chi connectivity index (χ0n) is 9.83. The minimum Gasteiger partial charge on any atom is -0.375 e. The van der Waals surface area contributed by atoms with E-state index in [9.17, 15) is 21.6 Å². The normalized spacial score (nSPS) is 12.2. The zero-order chi connectivity index (χ0) is 14.8. The van der Waals surface area contributed by atoms with Crippen LogP contribution in [0.4, 0.5) is 13.2 Å². The van der Waals surface area contributed by atoms with Crippen LogP contribution in [0.25, 0.3) is 11.3 Å². The van der Waals surface area contributed by atoms with Crippen LogP contribution in [0.15, 0.2) is 48.7 Å². The molecule has 0 saturated heterocycles. The fraction of sp³-hybridized carbons (Fsp3) is 0.0833. The summed E-state index contributed by atoms with van der Waals surface area (Å²) in [6, 6.07) is 10.2. The minimum absolute atomic E-state index is 0.154. The molecule has 0 fully saturated rings. The first-order valence-electron chi connectivity index (χ1n) is 5.32. The Morgan fingerprint density at radius 1 is 1.00 bits per heavy atom. The van der Waals surface area contributed by atoms with Crippen LogP contribution >= 0.6 is 0 Å². The average molecular weight is 303 g/mol. The summed E-state index contributed by atoms with van der Waals surface area (Å²) in [7, 11) is -5.71. The molecule has 0 saturated carbocycles. The first kappa shape index (κ1) is 14.3. The molecule has 0 unspecified atom stereocenters. The molecule has 2 rings (SSSR count). The van der Waals surface area contributed by atoms with Crippen molar-refractivity contribution in [3.8, 4) is 17.0 Å². The van der Waals surface area contributed by atoms with Crippen LogP contribution in [-0.2, 0) is 10.1 Å². The second-order valence-corrected chi connectivity index (χ2v) is 5.23. The number of aromatic nitrogens is 1. The van der Waals surface area contributed by atoms with E-state index < -0.39 is 21.4 Å². The molecule has 106 valence electrons. The van der Waals surface area contributed by atoms with Crippen molar-refractivity contribution < 1.29 is 25.8 Å². The molecule has 0 aliphatic carbocycles. The van der Waals surface area contributed by atoms with Crippen LogP contribution in [0.3, 0.4) is 0 Å². The van der Waals surface area contributed by atoms with Crippen molar-refractivity contribution in [3.63, 3.8) is 0 Å². The fourth-order valence-electron chi connectivity index (χ4n) is 1.44. The first-order chi connectivity index (χ1) is 9.31. The number of rotatable bonds is 3. The van der Waals surface area contributed by atoms with Crippen molar-refractivity contribution in [1.82, 2.24) is 4.98 Å². The molecule has 20 heavy (non-hydrogen) atoms. The van der Waals surface area contributed by atoms with E-state index in [-0.39, 0.29) is 5.56 Å². The highest BCUT2D eigenvalue weighted by molar-refractivity contribution is 7.88. The Bertz CT molecular complexity index is 699. The van der Waals surface area contributed by atoms with E-state index in [0.717, 1.165) is 6.07 Å². The van der Waals surface area contributed by atoms with Crippen molar-refractivity contribution in [2.45, 2.75) is 5.51 Å². The highest BCUT2D eigenvalue weighted by atomic mass is 32.2. The highest BCUT2D eigenvalue weighted by Crippen LogP contribution is 2.33. The molecule has 1 heterocycles. The third-order valence-corrected chi connectivity index (χ3v) is 3.28. The third kappa shape index (κ3) is 2.90. The Hall–Kier alpha value is -2.09. The minimum atomic E-state index is -5.71. The number of pyridine rings is 1. The molecule has 1 aromatic heterocycles. The maximum absolute atomic E-state index is 12.3. The molecule has 2 aromatic rings. The molecule has 0 spiro atoms. The summed E-state index contributed by atoms with van der Waals surface area (Å²) in [6.45, 7) is 0. The van der Waals surface area contributed by atoms with E-state index in [0.29, 0.717) is 5.69 Å². The van der Waals surface area contributed by atoms with E-state index >= 15 is 0 Å². The Morgan fingerprint density at radius 3 is 2.25 bits per heavy atom. The standard InChI is InChI=1S/C12H8F3NO3S/c13-12(14,15)20(17,18)19-11-7-2-1-5-9(11)10-6-3-4-8-16-10/h1-8H. The molecule has 0 bridgehead atoms. The van der Waals surface area contributed by atoms with Crippen LogP contribution in [0.2, 0.25) is 0 Å². The lowest BCUT2D eigenvalue weighted by molar-refractivity contribution is -0.0499. The van der Waals surface area contributed by atoms with Gasteiger partial charge in [0, 0.05) is 11.8 Å². The van der Waals surface area contributed by atoms with Crippen molar-refractivity contribution in [2.75, 3.05) is 0 Å². The zero-order valence-corrected chi connectivity index (χ0v) is 10.6. The van der Waals surface area contributed by atoms with Crippen LogP contribution in [0, 0.1) is 0 Å². The maximum Gasteiger partial charge on any atom is 0.534 e. The van der Waals surface area contributed by atoms with Gasteiger partial charge in [0.05, 0.1) is 5.69 Å². The van der Waals surface area contributed by atoms with Crippen molar-refractivity contribution in [3.05, 3.63) is 48.7 Å². The van der Waals surface area contributed by atoms with Gasteiger partial charge in [-0.2, -0.15) is 21.6 Å². The second-order valence-electron chi connectivity index (χ2n) is 3.69. The molecular weight excluding hydrogens is 295 g/mol. The topological polar surface area (TPSA) is 56.3 Å². The first-order valence-corrected chi connectivity index (χ1v) is 6.73. The lowest BCUT2D eigenvalue weighted by Gasteiger charge is -2.12. The summed E-state index contributed by atoms with van der Waals surface area (Å²) in [5.74, 6) is -0.427. The van der Waals surface area contributed by atoms with Crippen molar-refractivity contribution in [2.24, 2.45) is 0 Å². The van der Waals surface area contributed by atoms with Gasteiger partial charge in [-0.05, 0) is 24.3 Å². The van der Waals surface area contributed by atoms with Gasteiger partial charge in [-0.1, -0.05) is 18.2 Å². The van der Waals surface area contributed by atoms with E-state index in [1.54, 1.807) is 12.1 Å². The molecule has 0 amide bonds. The summed E-state index contributed by atoms with van der Waals surface area (Å²) in [6.07, 6.45) is 1.43. The molecule has 0 aliphatic rings. The number of para-hydroxylation sites is 1. The third-order valence-electron chi connectivity index (χ3n) is 2.31. The molecule has 4 nitrogen and oxygen atoms in total. The monoisotopic (exact) mass is 303 g/mol. The quantitative estimate of drug-likeness (QED) is 0.646. The SMILES string of the molecule is O=S(=O)(Oc1ccccc1-c1ccccn1)C(F)(F)F. The van der Waals surface area contributed by atoms with Crippen LogP contribution in [-0.4, -0.2) is 18.9 Å². The molecule has 0 radical (unpaired) electrons. The highest BCUT2D eigenvalue weighted by Gasteiger charge is 2.48. The molecule has 0 N–H and O–H groups in total. The maximum atomic E-state index is 12.3. The van der Waals surface area contributed by atoms with Crippen molar-refractivity contribution >= 4 is 10.1 Å². The van der Waals surface area contributed by atoms with Gasteiger partial charge in [0.15, 0.2) is 5.75 Å². The van der Waals surface area contributed by atoms with Gasteiger partial charge in [0.25, 0.3) is 0 Å². The average Bonchev–Trinajstić information content (AvgIpc) is 2.38. The van der Waals surface area contributed by atoms with Gasteiger partial charge >= 0.3 is 15.6 Å². The summed E-state index contributed by atoms with van der Waals surface area (Å²) >= 11 is 0. The molecule has 0 aliphatic heterocycles. The second kappa shape index (κ2) is 5.12. The van der Waals surface area contributed by atoms with Gasteiger partial charge < -0.3 is 4.18 Å². The number of alkyl halides is 3. The van der Waals surface area contributed by atoms with Gasteiger partial charge in [-0.3, -0.25) is 4.98 Å². The predicted molar refractivity (Wildman–Crippen MR) is 65.3 cm³/mol. The molecule has 0 atom stereocenters. The molecule has 8 heteroatoms. The number of hydrogen-bond donors (Lipinski definition) is 0. The Balaban J connectivity index is 2.45.